The molecule has 0 bridgehead atoms. The van der Waals surface area contributed by atoms with Gasteiger partial charge in [-0.05, 0) is 24.8 Å². The van der Waals surface area contributed by atoms with Gasteiger partial charge in [-0.15, -0.1) is 6.58 Å². The van der Waals surface area contributed by atoms with E-state index in [0.717, 1.165) is 19.7 Å². The van der Waals surface area contributed by atoms with Crippen molar-refractivity contribution in [1.82, 2.24) is 9.99 Å². The normalized spacial score (nSPS) is 13.6. The second kappa shape index (κ2) is 11.5. The van der Waals surface area contributed by atoms with Gasteiger partial charge in [-0.1, -0.05) is 36.4 Å². The number of carbonyl (C=O) groups is 2. The molecule has 0 spiro atoms. The Morgan fingerprint density at radius 2 is 1.79 bits per heavy atom. The third-order valence-electron chi connectivity index (χ3n) is 6.53. The first-order chi connectivity index (χ1) is 18.7. The Bertz CT molecular complexity index is 1450. The van der Waals surface area contributed by atoms with Crippen molar-refractivity contribution in [1.29, 1.82) is 0 Å². The maximum absolute atomic E-state index is 14.1. The van der Waals surface area contributed by atoms with Crippen molar-refractivity contribution in [3.8, 4) is 5.75 Å². The summed E-state index contributed by atoms with van der Waals surface area (Å²) in [5.74, 6) is -5.86. The van der Waals surface area contributed by atoms with Crippen LogP contribution in [0.15, 0.2) is 66.1 Å². The van der Waals surface area contributed by atoms with Gasteiger partial charge in [0.1, 0.15) is 29.6 Å². The molecule has 0 aliphatic heterocycles. The first kappa shape index (κ1) is 27.5. The molecule has 0 unspecified atom stereocenters. The highest BCUT2D eigenvalue weighted by atomic mass is 19.1. The molecule has 3 aromatic rings. The van der Waals surface area contributed by atoms with Crippen molar-refractivity contribution >= 4 is 11.9 Å². The van der Waals surface area contributed by atoms with Crippen LogP contribution in [0.2, 0.25) is 0 Å². The second-order valence-electron chi connectivity index (χ2n) is 9.04. The van der Waals surface area contributed by atoms with E-state index in [1.54, 1.807) is 36.4 Å². The topological polar surface area (TPSA) is 98.7 Å². The van der Waals surface area contributed by atoms with Crippen molar-refractivity contribution in [3.63, 3.8) is 0 Å². The van der Waals surface area contributed by atoms with E-state index in [-0.39, 0.29) is 12.3 Å². The molecule has 2 aromatic carbocycles. The largest absolute Gasteiger partial charge is 0.482 e. The fourth-order valence-corrected chi connectivity index (χ4v) is 4.16. The number of methoxy groups -OCH3 is 1. The molecule has 1 saturated carbocycles. The summed E-state index contributed by atoms with van der Waals surface area (Å²) in [5.41, 5.74) is 0.905. The van der Waals surface area contributed by atoms with Crippen molar-refractivity contribution in [2.75, 3.05) is 12.5 Å². The zero-order chi connectivity index (χ0) is 28.2. The number of amides is 1. The molecule has 0 atom stereocenters. The summed E-state index contributed by atoms with van der Waals surface area (Å²) in [7, 11) is 1.14. The second-order valence-corrected chi connectivity index (χ2v) is 9.04. The van der Waals surface area contributed by atoms with E-state index in [9.17, 15) is 27.6 Å². The van der Waals surface area contributed by atoms with E-state index in [4.69, 9.17) is 9.47 Å². The number of nitrogens with one attached hydrogen (secondary N) is 2. The van der Waals surface area contributed by atoms with Crippen LogP contribution >= 0.6 is 0 Å². The number of halogens is 3. The number of esters is 1. The summed E-state index contributed by atoms with van der Waals surface area (Å²) in [5, 5.41) is 2.28. The molecule has 39 heavy (non-hydrogen) atoms. The monoisotopic (exact) mass is 541 g/mol. The Hall–Kier alpha value is -4.54. The number of hydrogen-bond acceptors (Lipinski definition) is 6. The SMILES string of the molecule is C=CC1(Nn2cc(C(=O)NCc3c(F)cc(F)cc3F)c(=O)c(OCc3ccccc3)c2C(=O)OC)CCC1. The van der Waals surface area contributed by atoms with Crippen LogP contribution in [-0.2, 0) is 17.9 Å². The fourth-order valence-electron chi connectivity index (χ4n) is 4.16. The maximum atomic E-state index is 14.1. The summed E-state index contributed by atoms with van der Waals surface area (Å²) < 4.78 is 53.3. The number of nitrogens with zero attached hydrogens (tertiary/aromatic N) is 1. The van der Waals surface area contributed by atoms with E-state index in [1.165, 1.54) is 4.68 Å². The number of carbonyl (C=O) groups excluding carboxylic acids is 2. The van der Waals surface area contributed by atoms with Gasteiger partial charge in [-0.25, -0.2) is 18.0 Å². The highest BCUT2D eigenvalue weighted by molar-refractivity contribution is 5.97. The molecule has 8 nitrogen and oxygen atoms in total. The van der Waals surface area contributed by atoms with Gasteiger partial charge in [0.15, 0.2) is 5.69 Å². The average Bonchev–Trinajstić information content (AvgIpc) is 2.89. The van der Waals surface area contributed by atoms with Gasteiger partial charge in [0.25, 0.3) is 5.91 Å². The van der Waals surface area contributed by atoms with Gasteiger partial charge in [0, 0.05) is 30.4 Å². The van der Waals surface area contributed by atoms with Crippen LogP contribution in [0, 0.1) is 17.5 Å². The lowest BCUT2D eigenvalue weighted by atomic mass is 9.77. The fraction of sp³-hybridized carbons (Fsp3) is 0.250. The third kappa shape index (κ3) is 5.82. The van der Waals surface area contributed by atoms with E-state index in [1.807, 2.05) is 0 Å². The Labute approximate surface area is 222 Å². The summed E-state index contributed by atoms with van der Waals surface area (Å²) in [6.45, 7) is 3.07. The number of aromatic nitrogens is 1. The van der Waals surface area contributed by atoms with Crippen LogP contribution in [0.5, 0.6) is 5.75 Å². The molecule has 1 amide bonds. The molecule has 204 valence electrons. The molecule has 4 rings (SSSR count). The van der Waals surface area contributed by atoms with E-state index < -0.39 is 63.7 Å². The van der Waals surface area contributed by atoms with E-state index in [2.05, 4.69) is 17.3 Å². The first-order valence-corrected chi connectivity index (χ1v) is 12.1. The van der Waals surface area contributed by atoms with Crippen LogP contribution < -0.4 is 20.9 Å². The van der Waals surface area contributed by atoms with Crippen molar-refractivity contribution in [2.45, 2.75) is 38.0 Å². The molecule has 1 aliphatic rings. The number of rotatable bonds is 10. The standard InChI is InChI=1S/C28H26F3N3O5/c1-3-28(10-7-11-28)33-34-15-20(26(36)32-14-19-21(30)12-18(29)13-22(19)31)24(35)25(23(34)27(37)38-2)39-16-17-8-5-4-6-9-17/h3-6,8-9,12-13,15,33H,1,7,10-11,14,16H2,2H3,(H,32,36). The molecule has 1 heterocycles. The van der Waals surface area contributed by atoms with Gasteiger partial charge in [0.05, 0.1) is 12.6 Å². The average molecular weight is 542 g/mol. The number of ether oxygens (including phenoxy) is 2. The lowest BCUT2D eigenvalue weighted by Gasteiger charge is -2.41. The molecular formula is C28H26F3N3O5. The van der Waals surface area contributed by atoms with Crippen LogP contribution in [0.4, 0.5) is 13.2 Å². The summed E-state index contributed by atoms with van der Waals surface area (Å²) >= 11 is 0. The van der Waals surface area contributed by atoms with Crippen LogP contribution in [0.3, 0.4) is 0 Å². The Morgan fingerprint density at radius 3 is 2.36 bits per heavy atom. The van der Waals surface area contributed by atoms with Gasteiger partial charge in [-0.2, -0.15) is 0 Å². The van der Waals surface area contributed by atoms with Crippen LogP contribution in [0.25, 0.3) is 0 Å². The van der Waals surface area contributed by atoms with Gasteiger partial charge >= 0.3 is 5.97 Å². The van der Waals surface area contributed by atoms with Crippen molar-refractivity contribution < 1.29 is 32.2 Å². The number of benzene rings is 2. The lowest BCUT2D eigenvalue weighted by molar-refractivity contribution is 0.0580. The Morgan fingerprint density at radius 1 is 1.13 bits per heavy atom. The maximum Gasteiger partial charge on any atom is 0.360 e. The Kier molecular flexibility index (Phi) is 8.08. The summed E-state index contributed by atoms with van der Waals surface area (Å²) in [6.07, 6.45) is 4.99. The molecule has 2 N–H and O–H groups in total. The minimum atomic E-state index is -1.20. The third-order valence-corrected chi connectivity index (χ3v) is 6.53. The molecular weight excluding hydrogens is 515 g/mol. The zero-order valence-corrected chi connectivity index (χ0v) is 21.1. The Balaban J connectivity index is 1.76. The highest BCUT2D eigenvalue weighted by Gasteiger charge is 2.36. The summed E-state index contributed by atoms with van der Waals surface area (Å²) in [4.78, 5) is 39.4. The predicted octanol–water partition coefficient (Wildman–Crippen LogP) is 4.21. The molecule has 1 aliphatic carbocycles. The van der Waals surface area contributed by atoms with Gasteiger partial charge in [0.2, 0.25) is 11.2 Å². The lowest BCUT2D eigenvalue weighted by Crippen LogP contribution is -2.49. The van der Waals surface area contributed by atoms with Crippen LogP contribution in [-0.4, -0.2) is 29.2 Å². The number of pyridine rings is 1. The smallest absolute Gasteiger partial charge is 0.360 e. The minimum absolute atomic E-state index is 0.107. The predicted molar refractivity (Wildman–Crippen MR) is 136 cm³/mol. The van der Waals surface area contributed by atoms with Gasteiger partial charge in [-0.3, -0.25) is 14.3 Å². The molecule has 0 radical (unpaired) electrons. The minimum Gasteiger partial charge on any atom is -0.482 e. The molecule has 11 heteroatoms. The van der Waals surface area contributed by atoms with Crippen molar-refractivity contribution in [3.05, 3.63) is 111 Å². The van der Waals surface area contributed by atoms with Gasteiger partial charge < -0.3 is 20.2 Å². The first-order valence-electron chi connectivity index (χ1n) is 12.1. The zero-order valence-electron chi connectivity index (χ0n) is 21.1. The highest BCUT2D eigenvalue weighted by Crippen LogP contribution is 2.34. The van der Waals surface area contributed by atoms with Crippen molar-refractivity contribution in [2.24, 2.45) is 0 Å². The van der Waals surface area contributed by atoms with Crippen LogP contribution in [0.1, 0.15) is 51.2 Å². The molecule has 0 saturated heterocycles. The quantitative estimate of drug-likeness (QED) is 0.295. The van der Waals surface area contributed by atoms with E-state index >= 15 is 0 Å². The van der Waals surface area contributed by atoms with E-state index in [0.29, 0.717) is 30.5 Å². The molecule has 1 aromatic heterocycles. The summed E-state index contributed by atoms with van der Waals surface area (Å²) in [6, 6.07) is 9.79. The molecule has 1 fully saturated rings. The number of hydrogen-bond donors (Lipinski definition) is 2.